The minimum atomic E-state index is -0.244. The summed E-state index contributed by atoms with van der Waals surface area (Å²) in [5, 5.41) is 13.4. The van der Waals surface area contributed by atoms with Crippen molar-refractivity contribution >= 4 is 0 Å². The number of likely N-dealkylation sites (N-methyl/N-ethyl adjacent to an activating group) is 1. The van der Waals surface area contributed by atoms with Crippen molar-refractivity contribution in [2.24, 2.45) is 11.8 Å². The van der Waals surface area contributed by atoms with E-state index in [0.717, 1.165) is 19.0 Å². The molecule has 0 heterocycles. The predicted molar refractivity (Wildman–Crippen MR) is 72.1 cm³/mol. The van der Waals surface area contributed by atoms with Crippen molar-refractivity contribution < 1.29 is 0 Å². The van der Waals surface area contributed by atoms with Gasteiger partial charge in [0.2, 0.25) is 0 Å². The van der Waals surface area contributed by atoms with E-state index < -0.39 is 0 Å². The molecule has 3 saturated carbocycles. The minimum absolute atomic E-state index is 0.244. The fourth-order valence-electron chi connectivity index (χ4n) is 2.94. The SMILES string of the molecule is CCN(CC1CC1)CC(C#N)(NC1CC1)C1CC1. The molecule has 100 valence electrons. The Labute approximate surface area is 111 Å². The summed E-state index contributed by atoms with van der Waals surface area (Å²) < 4.78 is 0. The van der Waals surface area contributed by atoms with Gasteiger partial charge >= 0.3 is 0 Å². The van der Waals surface area contributed by atoms with Gasteiger partial charge in [-0.05, 0) is 56.9 Å². The van der Waals surface area contributed by atoms with Crippen molar-refractivity contribution in [1.29, 1.82) is 5.26 Å². The Morgan fingerprint density at radius 3 is 2.39 bits per heavy atom. The summed E-state index contributed by atoms with van der Waals surface area (Å²) in [4.78, 5) is 2.51. The van der Waals surface area contributed by atoms with Crippen LogP contribution in [0.5, 0.6) is 0 Å². The molecule has 1 unspecified atom stereocenters. The normalized spacial score (nSPS) is 26.9. The highest BCUT2D eigenvalue weighted by Crippen LogP contribution is 2.42. The van der Waals surface area contributed by atoms with Crippen molar-refractivity contribution in [3.05, 3.63) is 0 Å². The van der Waals surface area contributed by atoms with Crippen LogP contribution >= 0.6 is 0 Å². The third kappa shape index (κ3) is 2.87. The van der Waals surface area contributed by atoms with Gasteiger partial charge in [-0.3, -0.25) is 5.32 Å². The zero-order valence-corrected chi connectivity index (χ0v) is 11.5. The Morgan fingerprint density at radius 2 is 1.94 bits per heavy atom. The monoisotopic (exact) mass is 247 g/mol. The van der Waals surface area contributed by atoms with Crippen LogP contribution in [0.15, 0.2) is 0 Å². The lowest BCUT2D eigenvalue weighted by Gasteiger charge is -2.34. The number of hydrogen-bond donors (Lipinski definition) is 1. The van der Waals surface area contributed by atoms with Crippen LogP contribution in [0.25, 0.3) is 0 Å². The molecular formula is C15H25N3. The van der Waals surface area contributed by atoms with E-state index in [0.29, 0.717) is 12.0 Å². The van der Waals surface area contributed by atoms with Gasteiger partial charge in [0, 0.05) is 19.1 Å². The van der Waals surface area contributed by atoms with E-state index >= 15 is 0 Å². The molecule has 0 aliphatic heterocycles. The van der Waals surface area contributed by atoms with Crippen LogP contribution in [0.1, 0.15) is 45.4 Å². The maximum atomic E-state index is 9.72. The highest BCUT2D eigenvalue weighted by Gasteiger charge is 2.49. The Morgan fingerprint density at radius 1 is 1.22 bits per heavy atom. The van der Waals surface area contributed by atoms with Gasteiger partial charge in [-0.25, -0.2) is 0 Å². The maximum Gasteiger partial charge on any atom is 0.122 e. The minimum Gasteiger partial charge on any atom is -0.300 e. The first-order valence-electron chi connectivity index (χ1n) is 7.67. The Bertz CT molecular complexity index is 336. The molecule has 0 radical (unpaired) electrons. The van der Waals surface area contributed by atoms with Crippen molar-refractivity contribution in [1.82, 2.24) is 10.2 Å². The molecule has 3 nitrogen and oxygen atoms in total. The van der Waals surface area contributed by atoms with Gasteiger partial charge in [0.15, 0.2) is 0 Å². The molecule has 18 heavy (non-hydrogen) atoms. The second-order valence-corrected chi connectivity index (χ2v) is 6.55. The van der Waals surface area contributed by atoms with E-state index in [-0.39, 0.29) is 5.54 Å². The predicted octanol–water partition coefficient (Wildman–Crippen LogP) is 2.14. The zero-order chi connectivity index (χ0) is 12.6. The van der Waals surface area contributed by atoms with Crippen LogP contribution in [0, 0.1) is 23.2 Å². The van der Waals surface area contributed by atoms with E-state index in [2.05, 4.69) is 23.2 Å². The lowest BCUT2D eigenvalue weighted by atomic mass is 9.93. The number of rotatable bonds is 8. The van der Waals surface area contributed by atoms with Crippen molar-refractivity contribution in [3.8, 4) is 6.07 Å². The van der Waals surface area contributed by atoms with Gasteiger partial charge in [-0.15, -0.1) is 0 Å². The summed E-state index contributed by atoms with van der Waals surface area (Å²) in [7, 11) is 0. The number of nitrogens with zero attached hydrogens (tertiary/aromatic N) is 2. The number of hydrogen-bond acceptors (Lipinski definition) is 3. The van der Waals surface area contributed by atoms with Gasteiger partial charge in [-0.2, -0.15) is 5.26 Å². The average molecular weight is 247 g/mol. The van der Waals surface area contributed by atoms with Crippen LogP contribution in [-0.2, 0) is 0 Å². The zero-order valence-electron chi connectivity index (χ0n) is 11.5. The second kappa shape index (κ2) is 4.83. The molecule has 1 N–H and O–H groups in total. The molecule has 0 aromatic heterocycles. The van der Waals surface area contributed by atoms with Crippen LogP contribution in [0.4, 0.5) is 0 Å². The largest absolute Gasteiger partial charge is 0.300 e. The summed E-state index contributed by atoms with van der Waals surface area (Å²) in [6.45, 7) is 5.46. The van der Waals surface area contributed by atoms with E-state index in [1.54, 1.807) is 0 Å². The van der Waals surface area contributed by atoms with E-state index in [9.17, 15) is 5.26 Å². The first-order chi connectivity index (χ1) is 8.75. The maximum absolute atomic E-state index is 9.72. The molecule has 0 saturated heterocycles. The second-order valence-electron chi connectivity index (χ2n) is 6.55. The van der Waals surface area contributed by atoms with Gasteiger partial charge in [0.25, 0.3) is 0 Å². The smallest absolute Gasteiger partial charge is 0.122 e. The molecule has 3 aliphatic rings. The Balaban J connectivity index is 1.64. The third-order valence-corrected chi connectivity index (χ3v) is 4.65. The number of nitriles is 1. The summed E-state index contributed by atoms with van der Waals surface area (Å²) >= 11 is 0. The average Bonchev–Trinajstić information content (AvgIpc) is 3.21. The fourth-order valence-corrected chi connectivity index (χ4v) is 2.94. The van der Waals surface area contributed by atoms with E-state index in [4.69, 9.17) is 0 Å². The van der Waals surface area contributed by atoms with Crippen molar-refractivity contribution in [2.45, 2.75) is 57.0 Å². The highest BCUT2D eigenvalue weighted by molar-refractivity contribution is 5.18. The fraction of sp³-hybridized carbons (Fsp3) is 0.933. The van der Waals surface area contributed by atoms with Crippen LogP contribution in [0.2, 0.25) is 0 Å². The van der Waals surface area contributed by atoms with Gasteiger partial charge in [-0.1, -0.05) is 6.92 Å². The van der Waals surface area contributed by atoms with Crippen molar-refractivity contribution in [2.75, 3.05) is 19.6 Å². The van der Waals surface area contributed by atoms with Gasteiger partial charge in [0.05, 0.1) is 6.07 Å². The molecule has 0 aromatic rings. The topological polar surface area (TPSA) is 39.1 Å². The molecule has 3 rings (SSSR count). The molecule has 0 spiro atoms. The summed E-state index contributed by atoms with van der Waals surface area (Å²) in [5.41, 5.74) is -0.244. The summed E-state index contributed by atoms with van der Waals surface area (Å²) in [6, 6.07) is 3.28. The van der Waals surface area contributed by atoms with E-state index in [1.807, 2.05) is 0 Å². The van der Waals surface area contributed by atoms with E-state index in [1.165, 1.54) is 45.1 Å². The molecule has 0 bridgehead atoms. The molecule has 3 aliphatic carbocycles. The quantitative estimate of drug-likeness (QED) is 0.714. The molecule has 1 atom stereocenters. The molecule has 0 aromatic carbocycles. The standard InChI is InChI=1S/C15H25N3/c1-2-18(9-12-3-4-12)11-15(10-16,13-5-6-13)17-14-7-8-14/h12-14,17H,2-9,11H2,1H3. The summed E-state index contributed by atoms with van der Waals surface area (Å²) in [6.07, 6.45) is 7.82. The highest BCUT2D eigenvalue weighted by atomic mass is 15.2. The third-order valence-electron chi connectivity index (χ3n) is 4.65. The Hall–Kier alpha value is -0.590. The molecule has 0 amide bonds. The number of nitrogens with one attached hydrogen (secondary N) is 1. The first kappa shape index (κ1) is 12.4. The summed E-state index contributed by atoms with van der Waals surface area (Å²) in [5.74, 6) is 1.53. The molecule has 3 fully saturated rings. The van der Waals surface area contributed by atoms with Crippen LogP contribution < -0.4 is 5.32 Å². The molecular weight excluding hydrogens is 222 g/mol. The van der Waals surface area contributed by atoms with Crippen LogP contribution in [0.3, 0.4) is 0 Å². The lowest BCUT2D eigenvalue weighted by molar-refractivity contribution is 0.195. The first-order valence-corrected chi connectivity index (χ1v) is 7.67. The molecule has 3 heteroatoms. The van der Waals surface area contributed by atoms with Gasteiger partial charge < -0.3 is 4.90 Å². The lowest BCUT2D eigenvalue weighted by Crippen LogP contribution is -2.55. The van der Waals surface area contributed by atoms with Crippen LogP contribution in [-0.4, -0.2) is 36.1 Å². The van der Waals surface area contributed by atoms with Gasteiger partial charge in [0.1, 0.15) is 5.54 Å². The Kier molecular flexibility index (Phi) is 3.34. The van der Waals surface area contributed by atoms with Crippen molar-refractivity contribution in [3.63, 3.8) is 0 Å².